The number of carbonyl (C=O) groups excluding carboxylic acids is 1. The Morgan fingerprint density at radius 1 is 1.18 bits per heavy atom. The number of hydrogen-bond acceptors (Lipinski definition) is 6. The Balaban J connectivity index is 1.76. The lowest BCUT2D eigenvalue weighted by molar-refractivity contribution is -0.384. The molecule has 0 unspecified atom stereocenters. The summed E-state index contributed by atoms with van der Waals surface area (Å²) < 4.78 is 11.1. The highest BCUT2D eigenvalue weighted by Gasteiger charge is 2.31. The molecule has 148 valence electrons. The fourth-order valence-corrected chi connectivity index (χ4v) is 2.93. The molecular formula is C20H23N3O5. The zero-order valence-electron chi connectivity index (χ0n) is 15.9. The van der Waals surface area contributed by atoms with E-state index in [9.17, 15) is 14.9 Å². The van der Waals surface area contributed by atoms with Crippen molar-refractivity contribution < 1.29 is 19.2 Å². The van der Waals surface area contributed by atoms with Crippen LogP contribution in [0.3, 0.4) is 0 Å². The van der Waals surface area contributed by atoms with Crippen molar-refractivity contribution in [3.8, 4) is 5.75 Å². The van der Waals surface area contributed by atoms with Crippen LogP contribution in [0.4, 0.5) is 17.1 Å². The summed E-state index contributed by atoms with van der Waals surface area (Å²) in [5.74, 6) is 0.168. The van der Waals surface area contributed by atoms with Crippen molar-refractivity contribution in [2.24, 2.45) is 0 Å². The Bertz CT molecular complexity index is 848. The number of rotatable bonds is 6. The van der Waals surface area contributed by atoms with Crippen LogP contribution in [0.1, 0.15) is 13.8 Å². The normalized spacial score (nSPS) is 14.4. The zero-order chi connectivity index (χ0) is 20.1. The summed E-state index contributed by atoms with van der Waals surface area (Å²) >= 11 is 0. The molecule has 28 heavy (non-hydrogen) atoms. The number of para-hydroxylation sites is 1. The molecule has 1 heterocycles. The summed E-state index contributed by atoms with van der Waals surface area (Å²) in [6.07, 6.45) is 0. The van der Waals surface area contributed by atoms with Gasteiger partial charge in [0, 0.05) is 24.8 Å². The number of amides is 1. The lowest BCUT2D eigenvalue weighted by Crippen LogP contribution is -2.42. The number of anilines is 2. The standard InChI is InChI=1S/C20H23N3O5/c1-20(2,28-16-6-4-3-5-7-16)19(24)21-15-8-9-17(18(14-15)23(25)26)22-10-12-27-13-11-22/h3-9,14H,10-13H2,1-2H3,(H,21,24). The first kappa shape index (κ1) is 19.6. The minimum absolute atomic E-state index is 0.0542. The zero-order valence-corrected chi connectivity index (χ0v) is 15.9. The molecule has 1 aliphatic rings. The summed E-state index contributed by atoms with van der Waals surface area (Å²) in [6, 6.07) is 13.7. The van der Waals surface area contributed by atoms with Gasteiger partial charge in [0.1, 0.15) is 11.4 Å². The quantitative estimate of drug-likeness (QED) is 0.606. The fraction of sp³-hybridized carbons (Fsp3) is 0.350. The van der Waals surface area contributed by atoms with Crippen molar-refractivity contribution in [1.29, 1.82) is 0 Å². The van der Waals surface area contributed by atoms with E-state index in [4.69, 9.17) is 9.47 Å². The molecule has 0 radical (unpaired) electrons. The maximum Gasteiger partial charge on any atom is 0.294 e. The summed E-state index contributed by atoms with van der Waals surface area (Å²) in [4.78, 5) is 25.7. The van der Waals surface area contributed by atoms with E-state index in [2.05, 4.69) is 5.32 Å². The first-order valence-electron chi connectivity index (χ1n) is 9.03. The fourth-order valence-electron chi connectivity index (χ4n) is 2.93. The van der Waals surface area contributed by atoms with Crippen molar-refractivity contribution in [3.63, 3.8) is 0 Å². The minimum atomic E-state index is -1.15. The Kier molecular flexibility index (Phi) is 5.79. The first-order valence-corrected chi connectivity index (χ1v) is 9.03. The largest absolute Gasteiger partial charge is 0.478 e. The van der Waals surface area contributed by atoms with Crippen LogP contribution >= 0.6 is 0 Å². The molecule has 8 heteroatoms. The molecule has 2 aromatic rings. The second kappa shape index (κ2) is 8.26. The molecule has 1 amide bonds. The van der Waals surface area contributed by atoms with E-state index < -0.39 is 16.4 Å². The third kappa shape index (κ3) is 4.58. The minimum Gasteiger partial charge on any atom is -0.478 e. The third-order valence-corrected chi connectivity index (χ3v) is 4.44. The Hall–Kier alpha value is -3.13. The van der Waals surface area contributed by atoms with Gasteiger partial charge in [0.25, 0.3) is 11.6 Å². The first-order chi connectivity index (χ1) is 13.4. The van der Waals surface area contributed by atoms with E-state index in [1.165, 1.54) is 6.07 Å². The van der Waals surface area contributed by atoms with Crippen LogP contribution < -0.4 is 15.0 Å². The summed E-state index contributed by atoms with van der Waals surface area (Å²) in [7, 11) is 0. The monoisotopic (exact) mass is 385 g/mol. The molecule has 8 nitrogen and oxygen atoms in total. The second-order valence-corrected chi connectivity index (χ2v) is 6.94. The van der Waals surface area contributed by atoms with Gasteiger partial charge in [-0.3, -0.25) is 14.9 Å². The molecule has 0 spiro atoms. The van der Waals surface area contributed by atoms with Gasteiger partial charge in [-0.15, -0.1) is 0 Å². The SMILES string of the molecule is CC(C)(Oc1ccccc1)C(=O)Nc1ccc(N2CCOCC2)c([N+](=O)[O-])c1. The maximum absolute atomic E-state index is 12.7. The number of nitrogens with zero attached hydrogens (tertiary/aromatic N) is 2. The van der Waals surface area contributed by atoms with Crippen molar-refractivity contribution in [2.45, 2.75) is 19.4 Å². The average Bonchev–Trinajstić information content (AvgIpc) is 2.69. The van der Waals surface area contributed by atoms with Crippen molar-refractivity contribution in [3.05, 3.63) is 58.6 Å². The molecule has 0 aromatic heterocycles. The number of ether oxygens (including phenoxy) is 2. The van der Waals surface area contributed by atoms with Crippen molar-refractivity contribution >= 4 is 23.0 Å². The van der Waals surface area contributed by atoms with Gasteiger partial charge in [0.2, 0.25) is 0 Å². The second-order valence-electron chi connectivity index (χ2n) is 6.94. The van der Waals surface area contributed by atoms with E-state index in [1.54, 1.807) is 38.1 Å². The average molecular weight is 385 g/mol. The van der Waals surface area contributed by atoms with Gasteiger partial charge < -0.3 is 19.7 Å². The number of nitro benzene ring substituents is 1. The van der Waals surface area contributed by atoms with Gasteiger partial charge in [0.05, 0.1) is 18.1 Å². The van der Waals surface area contributed by atoms with Gasteiger partial charge in [-0.25, -0.2) is 0 Å². The van der Waals surface area contributed by atoms with Crippen LogP contribution in [0.15, 0.2) is 48.5 Å². The number of nitro groups is 1. The lowest BCUT2D eigenvalue weighted by Gasteiger charge is -2.29. The van der Waals surface area contributed by atoms with Crippen LogP contribution in [0.5, 0.6) is 5.75 Å². The summed E-state index contributed by atoms with van der Waals surface area (Å²) in [5.41, 5.74) is -0.343. The molecule has 0 atom stereocenters. The van der Waals surface area contributed by atoms with E-state index >= 15 is 0 Å². The van der Waals surface area contributed by atoms with Crippen LogP contribution in [0.2, 0.25) is 0 Å². The van der Waals surface area contributed by atoms with E-state index in [-0.39, 0.29) is 5.69 Å². The highest BCUT2D eigenvalue weighted by molar-refractivity contribution is 5.97. The van der Waals surface area contributed by atoms with E-state index in [0.29, 0.717) is 43.4 Å². The molecule has 1 saturated heterocycles. The molecule has 0 saturated carbocycles. The molecule has 0 aliphatic carbocycles. The van der Waals surface area contributed by atoms with Crippen molar-refractivity contribution in [2.75, 3.05) is 36.5 Å². The third-order valence-electron chi connectivity index (χ3n) is 4.44. The van der Waals surface area contributed by atoms with E-state index in [0.717, 1.165) is 0 Å². The molecular weight excluding hydrogens is 362 g/mol. The number of hydrogen-bond donors (Lipinski definition) is 1. The molecule has 0 bridgehead atoms. The van der Waals surface area contributed by atoms with Crippen LogP contribution in [0, 0.1) is 10.1 Å². The number of benzene rings is 2. The number of carbonyl (C=O) groups is 1. The van der Waals surface area contributed by atoms with Gasteiger partial charge in [-0.1, -0.05) is 18.2 Å². The van der Waals surface area contributed by atoms with Gasteiger partial charge >= 0.3 is 0 Å². The summed E-state index contributed by atoms with van der Waals surface area (Å²) in [5, 5.41) is 14.3. The van der Waals surface area contributed by atoms with Crippen LogP contribution in [-0.2, 0) is 9.53 Å². The van der Waals surface area contributed by atoms with Crippen molar-refractivity contribution in [1.82, 2.24) is 0 Å². The summed E-state index contributed by atoms with van der Waals surface area (Å²) in [6.45, 7) is 5.52. The smallest absolute Gasteiger partial charge is 0.294 e. The number of nitrogens with one attached hydrogen (secondary N) is 1. The predicted molar refractivity (Wildman–Crippen MR) is 106 cm³/mol. The van der Waals surface area contributed by atoms with Gasteiger partial charge in [-0.2, -0.15) is 0 Å². The Labute approximate surface area is 163 Å². The molecule has 1 fully saturated rings. The topological polar surface area (TPSA) is 93.9 Å². The van der Waals surface area contributed by atoms with Gasteiger partial charge in [0.15, 0.2) is 5.60 Å². The highest BCUT2D eigenvalue weighted by atomic mass is 16.6. The maximum atomic E-state index is 12.7. The predicted octanol–water partition coefficient (Wildman–Crippen LogP) is 3.23. The Morgan fingerprint density at radius 3 is 2.50 bits per heavy atom. The van der Waals surface area contributed by atoms with Crippen LogP contribution in [-0.4, -0.2) is 42.7 Å². The Morgan fingerprint density at radius 2 is 1.86 bits per heavy atom. The highest BCUT2D eigenvalue weighted by Crippen LogP contribution is 2.32. The van der Waals surface area contributed by atoms with Crippen LogP contribution in [0.25, 0.3) is 0 Å². The van der Waals surface area contributed by atoms with E-state index in [1.807, 2.05) is 23.1 Å². The molecule has 3 rings (SSSR count). The molecule has 1 N–H and O–H groups in total. The van der Waals surface area contributed by atoms with Gasteiger partial charge in [-0.05, 0) is 38.1 Å². The lowest BCUT2D eigenvalue weighted by atomic mass is 10.1. The molecule has 2 aromatic carbocycles. The number of morpholine rings is 1. The molecule has 1 aliphatic heterocycles.